The Hall–Kier alpha value is -2.89. The largest absolute Gasteiger partial charge is 0.482 e. The van der Waals surface area contributed by atoms with Gasteiger partial charge in [0, 0.05) is 24.9 Å². The van der Waals surface area contributed by atoms with Crippen molar-refractivity contribution in [3.05, 3.63) is 58.0 Å². The minimum Gasteiger partial charge on any atom is -0.482 e. The molecule has 0 saturated carbocycles. The van der Waals surface area contributed by atoms with Crippen molar-refractivity contribution < 1.29 is 14.3 Å². The second-order valence-corrected chi connectivity index (χ2v) is 5.52. The fourth-order valence-corrected chi connectivity index (χ4v) is 2.47. The van der Waals surface area contributed by atoms with Crippen molar-refractivity contribution in [3.8, 4) is 5.75 Å². The molecular weight excluding hydrogens is 296 g/mol. The highest BCUT2D eigenvalue weighted by Crippen LogP contribution is 2.32. The van der Waals surface area contributed by atoms with E-state index in [2.05, 4.69) is 0 Å². The maximum absolute atomic E-state index is 12.4. The first-order valence-corrected chi connectivity index (χ1v) is 7.19. The van der Waals surface area contributed by atoms with Crippen molar-refractivity contribution in [2.45, 2.75) is 13.5 Å². The van der Waals surface area contributed by atoms with Crippen LogP contribution >= 0.6 is 0 Å². The van der Waals surface area contributed by atoms with Crippen LogP contribution in [-0.2, 0) is 11.3 Å². The Morgan fingerprint density at radius 1 is 1.22 bits per heavy atom. The Balaban J connectivity index is 1.90. The van der Waals surface area contributed by atoms with E-state index >= 15 is 0 Å². The summed E-state index contributed by atoms with van der Waals surface area (Å²) in [5, 5.41) is 0. The topological polar surface area (TPSA) is 68.6 Å². The van der Waals surface area contributed by atoms with Crippen LogP contribution in [-0.4, -0.2) is 29.9 Å². The molecule has 6 nitrogen and oxygen atoms in total. The predicted octanol–water partition coefficient (Wildman–Crippen LogP) is 1.39. The molecule has 1 aliphatic rings. The number of Topliss-reactive ketones (excluding diaryl/α,β-unsaturated/α-hetero) is 1. The third-order valence-electron chi connectivity index (χ3n) is 3.81. The molecule has 2 aromatic rings. The summed E-state index contributed by atoms with van der Waals surface area (Å²) in [6.45, 7) is 1.81. The van der Waals surface area contributed by atoms with Crippen LogP contribution < -0.4 is 15.2 Å². The summed E-state index contributed by atoms with van der Waals surface area (Å²) in [6.07, 6.45) is 1.65. The van der Waals surface area contributed by atoms with Crippen LogP contribution in [0.15, 0.2) is 41.3 Å². The summed E-state index contributed by atoms with van der Waals surface area (Å²) in [7, 11) is 1.64. The van der Waals surface area contributed by atoms with Crippen LogP contribution in [0.25, 0.3) is 0 Å². The fourth-order valence-electron chi connectivity index (χ4n) is 2.47. The number of benzene rings is 1. The number of ether oxygens (including phenoxy) is 1. The minimum absolute atomic E-state index is 0.00449. The summed E-state index contributed by atoms with van der Waals surface area (Å²) in [5.74, 6) is 0.195. The molecule has 0 spiro atoms. The second-order valence-electron chi connectivity index (χ2n) is 5.52. The van der Waals surface area contributed by atoms with Crippen LogP contribution in [0.5, 0.6) is 5.75 Å². The zero-order valence-electron chi connectivity index (χ0n) is 12.9. The van der Waals surface area contributed by atoms with E-state index in [1.165, 1.54) is 15.5 Å². The van der Waals surface area contributed by atoms with Gasteiger partial charge in [-0.05, 0) is 30.7 Å². The van der Waals surface area contributed by atoms with Crippen molar-refractivity contribution in [1.82, 2.24) is 4.57 Å². The number of carbonyl (C=O) groups is 2. The van der Waals surface area contributed by atoms with E-state index in [4.69, 9.17) is 4.74 Å². The van der Waals surface area contributed by atoms with Crippen molar-refractivity contribution in [2.75, 3.05) is 18.6 Å². The molecule has 23 heavy (non-hydrogen) atoms. The monoisotopic (exact) mass is 312 g/mol. The number of fused-ring (bicyclic) bond motifs is 1. The van der Waals surface area contributed by atoms with Gasteiger partial charge in [0.25, 0.3) is 11.5 Å². The molecule has 0 atom stereocenters. The van der Waals surface area contributed by atoms with Gasteiger partial charge < -0.3 is 14.2 Å². The molecule has 3 rings (SSSR count). The standard InChI is InChI=1S/C17H16N2O4/c1-11-3-6-16(21)19(8-11)9-14(20)12-4-5-15-13(7-12)18(2)17(22)10-23-15/h3-8H,9-10H2,1-2H3. The molecule has 0 fully saturated rings. The lowest BCUT2D eigenvalue weighted by molar-refractivity contribution is -0.120. The average molecular weight is 312 g/mol. The number of carbonyl (C=O) groups excluding carboxylic acids is 2. The first-order valence-electron chi connectivity index (χ1n) is 7.19. The Morgan fingerprint density at radius 3 is 2.78 bits per heavy atom. The Labute approximate surface area is 132 Å². The summed E-state index contributed by atoms with van der Waals surface area (Å²) in [5.41, 5.74) is 1.67. The van der Waals surface area contributed by atoms with E-state index < -0.39 is 0 Å². The molecule has 1 aromatic heterocycles. The molecule has 0 unspecified atom stereocenters. The van der Waals surface area contributed by atoms with E-state index in [1.807, 2.05) is 6.92 Å². The molecule has 0 bridgehead atoms. The first-order chi connectivity index (χ1) is 11.0. The van der Waals surface area contributed by atoms with E-state index in [-0.39, 0.29) is 30.4 Å². The van der Waals surface area contributed by atoms with E-state index in [0.717, 1.165) is 5.56 Å². The van der Waals surface area contributed by atoms with Gasteiger partial charge in [0.05, 0.1) is 12.2 Å². The molecule has 0 saturated heterocycles. The van der Waals surface area contributed by atoms with Gasteiger partial charge >= 0.3 is 0 Å². The molecule has 0 radical (unpaired) electrons. The van der Waals surface area contributed by atoms with E-state index in [9.17, 15) is 14.4 Å². The fraction of sp³-hybridized carbons (Fsp3) is 0.235. The Kier molecular flexibility index (Phi) is 3.73. The summed E-state index contributed by atoms with van der Waals surface area (Å²) in [6, 6.07) is 8.08. The van der Waals surface area contributed by atoms with Gasteiger partial charge in [-0.3, -0.25) is 14.4 Å². The number of ketones is 1. The SMILES string of the molecule is Cc1ccc(=O)n(CC(=O)c2ccc3c(c2)N(C)C(=O)CO3)c1. The highest BCUT2D eigenvalue weighted by Gasteiger charge is 2.23. The molecule has 6 heteroatoms. The molecule has 0 aliphatic carbocycles. The number of pyridine rings is 1. The third kappa shape index (κ3) is 2.88. The number of aryl methyl sites for hydroxylation is 1. The van der Waals surface area contributed by atoms with Crippen LogP contribution in [0.2, 0.25) is 0 Å². The van der Waals surface area contributed by atoms with Crippen molar-refractivity contribution in [3.63, 3.8) is 0 Å². The molecule has 1 aliphatic heterocycles. The number of hydrogen-bond acceptors (Lipinski definition) is 4. The van der Waals surface area contributed by atoms with Gasteiger partial charge in [-0.1, -0.05) is 6.07 Å². The maximum Gasteiger partial charge on any atom is 0.264 e. The van der Waals surface area contributed by atoms with Gasteiger partial charge in [0.15, 0.2) is 12.4 Å². The van der Waals surface area contributed by atoms with Crippen LogP contribution in [0.3, 0.4) is 0 Å². The van der Waals surface area contributed by atoms with E-state index in [1.54, 1.807) is 37.5 Å². The summed E-state index contributed by atoms with van der Waals surface area (Å²) >= 11 is 0. The third-order valence-corrected chi connectivity index (χ3v) is 3.81. The maximum atomic E-state index is 12.4. The van der Waals surface area contributed by atoms with Crippen LogP contribution in [0.4, 0.5) is 5.69 Å². The molecule has 0 N–H and O–H groups in total. The van der Waals surface area contributed by atoms with Gasteiger partial charge in [-0.25, -0.2) is 0 Å². The smallest absolute Gasteiger partial charge is 0.264 e. The molecule has 1 aromatic carbocycles. The van der Waals surface area contributed by atoms with Crippen molar-refractivity contribution in [1.29, 1.82) is 0 Å². The predicted molar refractivity (Wildman–Crippen MR) is 85.1 cm³/mol. The minimum atomic E-state index is -0.225. The number of hydrogen-bond donors (Lipinski definition) is 0. The van der Waals surface area contributed by atoms with Crippen molar-refractivity contribution in [2.24, 2.45) is 0 Å². The van der Waals surface area contributed by atoms with Gasteiger partial charge in [-0.15, -0.1) is 0 Å². The number of likely N-dealkylation sites (N-methyl/N-ethyl adjacent to an activating group) is 1. The van der Waals surface area contributed by atoms with Crippen LogP contribution in [0, 0.1) is 6.92 Å². The second kappa shape index (κ2) is 5.72. The zero-order chi connectivity index (χ0) is 16.6. The lowest BCUT2D eigenvalue weighted by Crippen LogP contribution is -2.35. The summed E-state index contributed by atoms with van der Waals surface area (Å²) in [4.78, 5) is 37.4. The quantitative estimate of drug-likeness (QED) is 0.803. The molecular formula is C17H16N2O4. The van der Waals surface area contributed by atoms with Gasteiger partial charge in [0.2, 0.25) is 0 Å². The van der Waals surface area contributed by atoms with Gasteiger partial charge in [-0.2, -0.15) is 0 Å². The average Bonchev–Trinajstić information content (AvgIpc) is 2.54. The Morgan fingerprint density at radius 2 is 2.00 bits per heavy atom. The van der Waals surface area contributed by atoms with Crippen LogP contribution in [0.1, 0.15) is 15.9 Å². The normalized spacial score (nSPS) is 13.5. The molecule has 2 heterocycles. The first kappa shape index (κ1) is 15.0. The summed E-state index contributed by atoms with van der Waals surface area (Å²) < 4.78 is 6.71. The number of amides is 1. The number of nitrogens with zero attached hydrogens (tertiary/aromatic N) is 2. The Bertz CT molecular complexity index is 854. The van der Waals surface area contributed by atoms with E-state index in [0.29, 0.717) is 17.0 Å². The zero-order valence-corrected chi connectivity index (χ0v) is 12.9. The molecule has 1 amide bonds. The number of aromatic nitrogens is 1. The number of rotatable bonds is 3. The lowest BCUT2D eigenvalue weighted by atomic mass is 10.1. The highest BCUT2D eigenvalue weighted by molar-refractivity contribution is 6.01. The molecule has 118 valence electrons. The number of anilines is 1. The van der Waals surface area contributed by atoms with Crippen molar-refractivity contribution >= 4 is 17.4 Å². The highest BCUT2D eigenvalue weighted by atomic mass is 16.5. The lowest BCUT2D eigenvalue weighted by Gasteiger charge is -2.26. The van der Waals surface area contributed by atoms with Gasteiger partial charge in [0.1, 0.15) is 5.75 Å².